The summed E-state index contributed by atoms with van der Waals surface area (Å²) < 4.78 is 0. The van der Waals surface area contributed by atoms with Crippen LogP contribution in [-0.2, 0) is 10.2 Å². The quantitative estimate of drug-likeness (QED) is 0.659. The molecular weight excluding hydrogens is 294 g/mol. The van der Waals surface area contributed by atoms with Crippen molar-refractivity contribution in [3.05, 3.63) is 69.8 Å². The highest BCUT2D eigenvalue weighted by Crippen LogP contribution is 2.50. The molecule has 2 aromatic rings. The van der Waals surface area contributed by atoms with Crippen LogP contribution in [0.15, 0.2) is 48.5 Å². The number of nitrogens with zero attached hydrogens (tertiary/aromatic N) is 1. The molecule has 23 heavy (non-hydrogen) atoms. The predicted octanol–water partition coefficient (Wildman–Crippen LogP) is 2.52. The number of fused-ring (bicyclic) bond motifs is 2. The number of anilines is 1. The van der Waals surface area contributed by atoms with Gasteiger partial charge in [-0.25, -0.2) is 0 Å². The second-order valence-corrected chi connectivity index (χ2v) is 5.96. The molecule has 1 amide bonds. The summed E-state index contributed by atoms with van der Waals surface area (Å²) in [6.45, 7) is 0.726. The van der Waals surface area contributed by atoms with Gasteiger partial charge in [-0.3, -0.25) is 14.9 Å². The Kier molecular flexibility index (Phi) is 2.96. The lowest BCUT2D eigenvalue weighted by Crippen LogP contribution is -2.39. The minimum absolute atomic E-state index is 0.00736. The average molecular weight is 309 g/mol. The lowest BCUT2D eigenvalue weighted by Gasteiger charge is -2.29. The van der Waals surface area contributed by atoms with E-state index >= 15 is 0 Å². The third kappa shape index (κ3) is 1.88. The van der Waals surface area contributed by atoms with E-state index in [2.05, 4.69) is 10.6 Å². The Morgan fingerprint density at radius 2 is 1.87 bits per heavy atom. The lowest BCUT2D eigenvalue weighted by molar-refractivity contribution is -0.384. The Labute approximate surface area is 132 Å². The third-order valence-corrected chi connectivity index (χ3v) is 4.86. The standard InChI is InChI=1S/C17H15N3O3/c21-16-17(13-3-1-2-4-14(13)19-16)9-10-18-15(17)11-5-7-12(8-6-11)20(22)23/h1-8,15,18H,9-10H2,(H,19,21)/t15-,17+/m1/s1. The summed E-state index contributed by atoms with van der Waals surface area (Å²) in [7, 11) is 0. The molecule has 0 bridgehead atoms. The Balaban J connectivity index is 1.80. The summed E-state index contributed by atoms with van der Waals surface area (Å²) in [5.74, 6) is -0.00736. The van der Waals surface area contributed by atoms with Crippen LogP contribution in [0.1, 0.15) is 23.6 Å². The highest BCUT2D eigenvalue weighted by molar-refractivity contribution is 6.07. The molecule has 2 atom stereocenters. The summed E-state index contributed by atoms with van der Waals surface area (Å²) in [6, 6.07) is 14.0. The van der Waals surface area contributed by atoms with Crippen molar-refractivity contribution >= 4 is 17.3 Å². The van der Waals surface area contributed by atoms with Gasteiger partial charge >= 0.3 is 0 Å². The minimum atomic E-state index is -0.646. The monoisotopic (exact) mass is 309 g/mol. The molecular formula is C17H15N3O3. The molecule has 2 N–H and O–H groups in total. The number of para-hydroxylation sites is 1. The molecule has 0 aromatic heterocycles. The van der Waals surface area contributed by atoms with Gasteiger partial charge in [0.05, 0.1) is 16.4 Å². The van der Waals surface area contributed by atoms with E-state index in [0.29, 0.717) is 6.42 Å². The van der Waals surface area contributed by atoms with Gasteiger partial charge in [-0.1, -0.05) is 30.3 Å². The number of non-ortho nitro benzene ring substituents is 1. The van der Waals surface area contributed by atoms with E-state index in [-0.39, 0.29) is 17.6 Å². The van der Waals surface area contributed by atoms with E-state index in [1.54, 1.807) is 12.1 Å². The second-order valence-electron chi connectivity index (χ2n) is 5.96. The number of carbonyl (C=O) groups is 1. The number of benzene rings is 2. The van der Waals surface area contributed by atoms with Crippen LogP contribution in [0, 0.1) is 10.1 Å². The molecule has 2 heterocycles. The zero-order chi connectivity index (χ0) is 16.0. The molecule has 0 radical (unpaired) electrons. The number of amides is 1. The number of carbonyl (C=O) groups excluding carboxylic acids is 1. The maximum absolute atomic E-state index is 12.8. The first kappa shape index (κ1) is 13.9. The molecule has 1 fully saturated rings. The van der Waals surface area contributed by atoms with E-state index in [0.717, 1.165) is 23.4 Å². The maximum Gasteiger partial charge on any atom is 0.269 e. The normalized spacial score (nSPS) is 25.4. The van der Waals surface area contributed by atoms with Crippen molar-refractivity contribution in [1.29, 1.82) is 0 Å². The Bertz CT molecular complexity index is 803. The zero-order valence-corrected chi connectivity index (χ0v) is 12.3. The fraction of sp³-hybridized carbons (Fsp3) is 0.235. The summed E-state index contributed by atoms with van der Waals surface area (Å²) >= 11 is 0. The first-order chi connectivity index (χ1) is 11.1. The SMILES string of the molecule is O=C1Nc2ccccc2[C@]12CCN[C@@H]2c1ccc([N+](=O)[O-])cc1. The Hall–Kier alpha value is -2.73. The smallest absolute Gasteiger partial charge is 0.269 e. The fourth-order valence-electron chi connectivity index (χ4n) is 3.80. The average Bonchev–Trinajstić information content (AvgIpc) is 3.12. The van der Waals surface area contributed by atoms with Gasteiger partial charge in [0, 0.05) is 17.8 Å². The number of hydrogen-bond acceptors (Lipinski definition) is 4. The molecule has 0 saturated carbocycles. The van der Waals surface area contributed by atoms with Gasteiger partial charge in [0.15, 0.2) is 0 Å². The first-order valence-corrected chi connectivity index (χ1v) is 7.51. The molecule has 116 valence electrons. The number of nitro benzene ring substituents is 1. The van der Waals surface area contributed by atoms with Crippen molar-refractivity contribution in [3.63, 3.8) is 0 Å². The van der Waals surface area contributed by atoms with Crippen LogP contribution in [0.3, 0.4) is 0 Å². The van der Waals surface area contributed by atoms with Crippen molar-refractivity contribution < 1.29 is 9.72 Å². The maximum atomic E-state index is 12.8. The van der Waals surface area contributed by atoms with E-state index in [1.165, 1.54) is 12.1 Å². The molecule has 4 rings (SSSR count). The molecule has 2 aliphatic rings. The number of nitrogens with one attached hydrogen (secondary N) is 2. The highest BCUT2D eigenvalue weighted by atomic mass is 16.6. The van der Waals surface area contributed by atoms with Crippen molar-refractivity contribution in [2.45, 2.75) is 17.9 Å². The van der Waals surface area contributed by atoms with Gasteiger partial charge in [0.1, 0.15) is 0 Å². The van der Waals surface area contributed by atoms with E-state index < -0.39 is 10.3 Å². The van der Waals surface area contributed by atoms with Crippen LogP contribution in [0.4, 0.5) is 11.4 Å². The highest BCUT2D eigenvalue weighted by Gasteiger charge is 2.55. The lowest BCUT2D eigenvalue weighted by atomic mass is 9.73. The Morgan fingerprint density at radius 1 is 1.13 bits per heavy atom. The Morgan fingerprint density at radius 3 is 2.61 bits per heavy atom. The molecule has 1 saturated heterocycles. The first-order valence-electron chi connectivity index (χ1n) is 7.51. The van der Waals surface area contributed by atoms with E-state index in [9.17, 15) is 14.9 Å². The van der Waals surface area contributed by atoms with Crippen LogP contribution in [0.2, 0.25) is 0 Å². The van der Waals surface area contributed by atoms with Crippen LogP contribution < -0.4 is 10.6 Å². The fourth-order valence-corrected chi connectivity index (χ4v) is 3.80. The van der Waals surface area contributed by atoms with Gasteiger partial charge < -0.3 is 10.6 Å². The zero-order valence-electron chi connectivity index (χ0n) is 12.3. The summed E-state index contributed by atoms with van der Waals surface area (Å²) in [5.41, 5.74) is 2.15. The van der Waals surface area contributed by atoms with Gasteiger partial charge in [0.25, 0.3) is 5.69 Å². The molecule has 2 aliphatic heterocycles. The number of nitro groups is 1. The molecule has 0 unspecified atom stereocenters. The third-order valence-electron chi connectivity index (χ3n) is 4.86. The van der Waals surface area contributed by atoms with Gasteiger partial charge in [0.2, 0.25) is 5.91 Å². The van der Waals surface area contributed by atoms with Crippen molar-refractivity contribution in [2.24, 2.45) is 0 Å². The van der Waals surface area contributed by atoms with E-state index in [1.807, 2.05) is 24.3 Å². The molecule has 1 spiro atoms. The van der Waals surface area contributed by atoms with Crippen molar-refractivity contribution in [3.8, 4) is 0 Å². The summed E-state index contributed by atoms with van der Waals surface area (Å²) in [5, 5.41) is 17.2. The molecule has 0 aliphatic carbocycles. The summed E-state index contributed by atoms with van der Waals surface area (Å²) in [4.78, 5) is 23.2. The minimum Gasteiger partial charge on any atom is -0.325 e. The van der Waals surface area contributed by atoms with Crippen LogP contribution in [-0.4, -0.2) is 17.4 Å². The predicted molar refractivity (Wildman–Crippen MR) is 85.2 cm³/mol. The number of hydrogen-bond donors (Lipinski definition) is 2. The van der Waals surface area contributed by atoms with Crippen molar-refractivity contribution in [1.82, 2.24) is 5.32 Å². The molecule has 6 heteroatoms. The topological polar surface area (TPSA) is 84.3 Å². The molecule has 6 nitrogen and oxygen atoms in total. The van der Waals surface area contributed by atoms with Gasteiger partial charge in [-0.2, -0.15) is 0 Å². The van der Waals surface area contributed by atoms with Crippen LogP contribution in [0.25, 0.3) is 0 Å². The largest absolute Gasteiger partial charge is 0.325 e. The van der Waals surface area contributed by atoms with Gasteiger partial charge in [-0.15, -0.1) is 0 Å². The molecule has 2 aromatic carbocycles. The van der Waals surface area contributed by atoms with Crippen LogP contribution in [0.5, 0.6) is 0 Å². The van der Waals surface area contributed by atoms with Crippen molar-refractivity contribution in [2.75, 3.05) is 11.9 Å². The van der Waals surface area contributed by atoms with E-state index in [4.69, 9.17) is 0 Å². The number of rotatable bonds is 2. The summed E-state index contributed by atoms with van der Waals surface area (Å²) in [6.07, 6.45) is 0.706. The van der Waals surface area contributed by atoms with Gasteiger partial charge in [-0.05, 0) is 30.2 Å². The second kappa shape index (κ2) is 4.89. The van der Waals surface area contributed by atoms with Crippen LogP contribution >= 0.6 is 0 Å².